The second kappa shape index (κ2) is 8.78. The van der Waals surface area contributed by atoms with Crippen LogP contribution in [0.1, 0.15) is 27.2 Å². The van der Waals surface area contributed by atoms with E-state index in [1.807, 2.05) is 18.7 Å². The molecule has 2 aliphatic rings. The van der Waals surface area contributed by atoms with E-state index in [1.54, 1.807) is 0 Å². The van der Waals surface area contributed by atoms with Gasteiger partial charge in [-0.1, -0.05) is 6.92 Å². The number of rotatable bonds is 6. The third-order valence-corrected chi connectivity index (χ3v) is 4.92. The van der Waals surface area contributed by atoms with Gasteiger partial charge in [0.2, 0.25) is 11.8 Å². The molecular formula is C17H32N4O3. The van der Waals surface area contributed by atoms with E-state index < -0.39 is 0 Å². The molecule has 0 aromatic carbocycles. The molecule has 2 aliphatic heterocycles. The van der Waals surface area contributed by atoms with E-state index >= 15 is 0 Å². The molecule has 2 heterocycles. The van der Waals surface area contributed by atoms with Crippen molar-refractivity contribution in [2.75, 3.05) is 65.6 Å². The van der Waals surface area contributed by atoms with E-state index in [0.29, 0.717) is 39.4 Å². The molecule has 0 aromatic rings. The minimum absolute atomic E-state index is 0.0648. The molecule has 2 amide bonds. The highest BCUT2D eigenvalue weighted by molar-refractivity contribution is 5.79. The van der Waals surface area contributed by atoms with Crippen molar-refractivity contribution in [2.24, 2.45) is 0 Å². The van der Waals surface area contributed by atoms with Gasteiger partial charge in [-0.25, -0.2) is 0 Å². The number of piperazine rings is 1. The van der Waals surface area contributed by atoms with Gasteiger partial charge in [-0.3, -0.25) is 19.4 Å². The number of ether oxygens (including phenoxy) is 1. The Morgan fingerprint density at radius 3 is 2.12 bits per heavy atom. The average Bonchev–Trinajstić information content (AvgIpc) is 2.56. The highest BCUT2D eigenvalue weighted by Gasteiger charge is 2.25. The first-order chi connectivity index (χ1) is 11.4. The summed E-state index contributed by atoms with van der Waals surface area (Å²) in [5.74, 6) is 0.253. The third-order valence-electron chi connectivity index (χ3n) is 4.92. The number of morpholine rings is 1. The maximum absolute atomic E-state index is 12.4. The summed E-state index contributed by atoms with van der Waals surface area (Å²) in [5, 5.41) is 3.06. The summed E-state index contributed by atoms with van der Waals surface area (Å²) >= 11 is 0. The SMILES string of the molecule is CCC(C)(C)NC(=O)CN1CCN(C(=O)CN2CCOCC2)CC1. The number of carbonyl (C=O) groups is 2. The lowest BCUT2D eigenvalue weighted by molar-refractivity contribution is -0.135. The highest BCUT2D eigenvalue weighted by atomic mass is 16.5. The summed E-state index contributed by atoms with van der Waals surface area (Å²) < 4.78 is 5.31. The summed E-state index contributed by atoms with van der Waals surface area (Å²) in [5.41, 5.74) is -0.160. The molecule has 2 rings (SSSR count). The number of amides is 2. The van der Waals surface area contributed by atoms with Crippen molar-refractivity contribution in [1.82, 2.24) is 20.0 Å². The zero-order valence-corrected chi connectivity index (χ0v) is 15.3. The van der Waals surface area contributed by atoms with Crippen LogP contribution in [0.5, 0.6) is 0 Å². The van der Waals surface area contributed by atoms with E-state index in [0.717, 1.165) is 32.6 Å². The first-order valence-electron chi connectivity index (χ1n) is 9.01. The first kappa shape index (κ1) is 19.1. The molecule has 0 atom stereocenters. The molecule has 2 saturated heterocycles. The largest absolute Gasteiger partial charge is 0.379 e. The maximum Gasteiger partial charge on any atom is 0.236 e. The molecule has 0 saturated carbocycles. The van der Waals surface area contributed by atoms with Gasteiger partial charge in [0.1, 0.15) is 0 Å². The van der Waals surface area contributed by atoms with Crippen LogP contribution in [0.3, 0.4) is 0 Å². The molecule has 0 radical (unpaired) electrons. The van der Waals surface area contributed by atoms with E-state index in [1.165, 1.54) is 0 Å². The Balaban J connectivity index is 1.69. The zero-order valence-electron chi connectivity index (χ0n) is 15.3. The molecule has 7 nitrogen and oxygen atoms in total. The second-order valence-electron chi connectivity index (χ2n) is 7.33. The molecule has 2 fully saturated rings. The Hall–Kier alpha value is -1.18. The van der Waals surface area contributed by atoms with E-state index in [-0.39, 0.29) is 17.4 Å². The summed E-state index contributed by atoms with van der Waals surface area (Å²) in [7, 11) is 0. The van der Waals surface area contributed by atoms with Gasteiger partial charge in [0.05, 0.1) is 26.3 Å². The lowest BCUT2D eigenvalue weighted by Crippen LogP contribution is -2.54. The van der Waals surface area contributed by atoms with Crippen LogP contribution < -0.4 is 5.32 Å². The first-order valence-corrected chi connectivity index (χ1v) is 9.01. The predicted molar refractivity (Wildman–Crippen MR) is 92.8 cm³/mol. The molecule has 7 heteroatoms. The fourth-order valence-corrected chi connectivity index (χ4v) is 2.91. The third kappa shape index (κ3) is 6.03. The quantitative estimate of drug-likeness (QED) is 0.723. The van der Waals surface area contributed by atoms with Crippen LogP contribution >= 0.6 is 0 Å². The predicted octanol–water partition coefficient (Wildman–Crippen LogP) is -0.232. The average molecular weight is 340 g/mol. The van der Waals surface area contributed by atoms with Crippen LogP contribution in [0, 0.1) is 0 Å². The van der Waals surface area contributed by atoms with Gasteiger partial charge in [-0.2, -0.15) is 0 Å². The lowest BCUT2D eigenvalue weighted by Gasteiger charge is -2.36. The van der Waals surface area contributed by atoms with Gasteiger partial charge in [0, 0.05) is 44.8 Å². The Bertz CT molecular complexity index is 428. The van der Waals surface area contributed by atoms with Crippen LogP contribution in [-0.4, -0.2) is 97.6 Å². The molecule has 0 spiro atoms. The molecular weight excluding hydrogens is 308 g/mol. The molecule has 138 valence electrons. The number of carbonyl (C=O) groups excluding carboxylic acids is 2. The van der Waals surface area contributed by atoms with Crippen molar-refractivity contribution in [1.29, 1.82) is 0 Å². The molecule has 0 aliphatic carbocycles. The van der Waals surface area contributed by atoms with Crippen molar-refractivity contribution in [2.45, 2.75) is 32.7 Å². The lowest BCUT2D eigenvalue weighted by atomic mass is 10.0. The van der Waals surface area contributed by atoms with Crippen molar-refractivity contribution >= 4 is 11.8 Å². The van der Waals surface area contributed by atoms with Crippen LogP contribution in [0.15, 0.2) is 0 Å². The summed E-state index contributed by atoms with van der Waals surface area (Å²) in [6.07, 6.45) is 0.905. The van der Waals surface area contributed by atoms with Gasteiger partial charge in [0.15, 0.2) is 0 Å². The number of nitrogens with one attached hydrogen (secondary N) is 1. The van der Waals surface area contributed by atoms with Gasteiger partial charge >= 0.3 is 0 Å². The minimum atomic E-state index is -0.160. The van der Waals surface area contributed by atoms with Crippen molar-refractivity contribution in [3.63, 3.8) is 0 Å². The Morgan fingerprint density at radius 2 is 1.54 bits per heavy atom. The van der Waals surface area contributed by atoms with Crippen LogP contribution in [-0.2, 0) is 14.3 Å². The van der Waals surface area contributed by atoms with E-state index in [4.69, 9.17) is 4.74 Å². The molecule has 24 heavy (non-hydrogen) atoms. The van der Waals surface area contributed by atoms with Crippen molar-refractivity contribution in [3.8, 4) is 0 Å². The van der Waals surface area contributed by atoms with Crippen LogP contribution in [0.4, 0.5) is 0 Å². The monoisotopic (exact) mass is 340 g/mol. The minimum Gasteiger partial charge on any atom is -0.379 e. The fourth-order valence-electron chi connectivity index (χ4n) is 2.91. The van der Waals surface area contributed by atoms with Crippen LogP contribution in [0.2, 0.25) is 0 Å². The zero-order chi connectivity index (χ0) is 17.6. The summed E-state index contributed by atoms with van der Waals surface area (Å²) in [4.78, 5) is 30.7. The molecule has 0 bridgehead atoms. The smallest absolute Gasteiger partial charge is 0.236 e. The molecule has 1 N–H and O–H groups in total. The normalized spacial score (nSPS) is 20.9. The van der Waals surface area contributed by atoms with Gasteiger partial charge < -0.3 is 15.0 Å². The summed E-state index contributed by atoms with van der Waals surface area (Å²) in [6.45, 7) is 13.0. The maximum atomic E-state index is 12.4. The summed E-state index contributed by atoms with van der Waals surface area (Å²) in [6, 6.07) is 0. The van der Waals surface area contributed by atoms with Crippen molar-refractivity contribution < 1.29 is 14.3 Å². The fraction of sp³-hybridized carbons (Fsp3) is 0.882. The number of hydrogen-bond acceptors (Lipinski definition) is 5. The van der Waals surface area contributed by atoms with Crippen molar-refractivity contribution in [3.05, 3.63) is 0 Å². The van der Waals surface area contributed by atoms with E-state index in [9.17, 15) is 9.59 Å². The van der Waals surface area contributed by atoms with Gasteiger partial charge in [-0.15, -0.1) is 0 Å². The Morgan fingerprint density at radius 1 is 0.958 bits per heavy atom. The number of nitrogens with zero attached hydrogens (tertiary/aromatic N) is 3. The van der Waals surface area contributed by atoms with E-state index in [2.05, 4.69) is 22.0 Å². The van der Waals surface area contributed by atoms with Gasteiger partial charge in [-0.05, 0) is 20.3 Å². The number of hydrogen-bond donors (Lipinski definition) is 1. The van der Waals surface area contributed by atoms with Crippen LogP contribution in [0.25, 0.3) is 0 Å². The topological polar surface area (TPSA) is 65.1 Å². The second-order valence-corrected chi connectivity index (χ2v) is 7.33. The highest BCUT2D eigenvalue weighted by Crippen LogP contribution is 2.08. The Kier molecular flexibility index (Phi) is 7.01. The van der Waals surface area contributed by atoms with Gasteiger partial charge in [0.25, 0.3) is 0 Å². The molecule has 0 aromatic heterocycles. The molecule has 0 unspecified atom stereocenters. The Labute approximate surface area is 145 Å². The standard InChI is InChI=1S/C17H32N4O3/c1-4-17(2,3)18-15(22)13-19-5-7-21(8-6-19)16(23)14-20-9-11-24-12-10-20/h4-14H2,1-3H3,(H,18,22).